The average Bonchev–Trinajstić information content (AvgIpc) is 2.53. The molecule has 2 heterocycles. The smallest absolute Gasteiger partial charge is 0.356 e. The molecule has 0 fully saturated rings. The Kier molecular flexibility index (Phi) is 3.43. The summed E-state index contributed by atoms with van der Waals surface area (Å²) >= 11 is 0. The minimum atomic E-state index is -1.07. The van der Waals surface area contributed by atoms with E-state index in [4.69, 9.17) is 9.84 Å². The van der Waals surface area contributed by atoms with Crippen LogP contribution in [0.15, 0.2) is 30.6 Å². The van der Waals surface area contributed by atoms with Crippen molar-refractivity contribution in [2.24, 2.45) is 0 Å². The summed E-state index contributed by atoms with van der Waals surface area (Å²) in [6.45, 7) is 1.55. The number of hydrogen-bond acceptors (Lipinski definition) is 5. The normalized spacial score (nSPS) is 13.7. The Morgan fingerprint density at radius 2 is 2.14 bits per heavy atom. The molecule has 3 rings (SSSR count). The Balaban J connectivity index is 1.83. The molecule has 108 valence electrons. The minimum Gasteiger partial charge on any atom is -0.497 e. The van der Waals surface area contributed by atoms with Crippen LogP contribution in [-0.2, 0) is 13.0 Å². The summed E-state index contributed by atoms with van der Waals surface area (Å²) in [5.74, 6) is 0.458. The highest BCUT2D eigenvalue weighted by atomic mass is 16.5. The molecule has 0 saturated carbocycles. The molecule has 0 radical (unpaired) electrons. The predicted octanol–water partition coefficient (Wildman–Crippen LogP) is 1.75. The van der Waals surface area contributed by atoms with Crippen molar-refractivity contribution in [3.63, 3.8) is 0 Å². The van der Waals surface area contributed by atoms with Crippen LogP contribution in [0, 0.1) is 0 Å². The number of benzene rings is 1. The Morgan fingerprint density at radius 1 is 1.29 bits per heavy atom. The van der Waals surface area contributed by atoms with Gasteiger partial charge in [-0.25, -0.2) is 14.8 Å². The number of methoxy groups -OCH3 is 1. The molecular formula is C15H15N3O3. The third-order valence-corrected chi connectivity index (χ3v) is 3.61. The fourth-order valence-electron chi connectivity index (χ4n) is 2.45. The lowest BCUT2D eigenvalue weighted by atomic mass is 9.99. The molecular weight excluding hydrogens is 270 g/mol. The summed E-state index contributed by atoms with van der Waals surface area (Å²) in [5, 5.41) is 8.84. The Morgan fingerprint density at radius 3 is 2.81 bits per heavy atom. The molecule has 0 aliphatic carbocycles. The zero-order valence-electron chi connectivity index (χ0n) is 11.6. The van der Waals surface area contributed by atoms with Crippen LogP contribution in [0.1, 0.15) is 21.6 Å². The van der Waals surface area contributed by atoms with E-state index in [9.17, 15) is 4.79 Å². The maximum absolute atomic E-state index is 10.8. The topological polar surface area (TPSA) is 75.5 Å². The molecule has 1 aliphatic heterocycles. The number of nitrogens with zero attached hydrogens (tertiary/aromatic N) is 3. The summed E-state index contributed by atoms with van der Waals surface area (Å²) in [5.41, 5.74) is 2.46. The second-order valence-electron chi connectivity index (χ2n) is 4.87. The fourth-order valence-corrected chi connectivity index (χ4v) is 2.45. The summed E-state index contributed by atoms with van der Waals surface area (Å²) in [4.78, 5) is 21.0. The van der Waals surface area contributed by atoms with Crippen molar-refractivity contribution >= 4 is 11.8 Å². The highest BCUT2D eigenvalue weighted by Gasteiger charge is 2.18. The number of aromatic nitrogens is 2. The molecule has 0 saturated heterocycles. The largest absolute Gasteiger partial charge is 0.497 e. The molecule has 6 heteroatoms. The zero-order chi connectivity index (χ0) is 14.8. The Hall–Kier alpha value is -2.63. The van der Waals surface area contributed by atoms with E-state index < -0.39 is 5.97 Å². The number of carboxylic acid groups (broad SMARTS) is 1. The van der Waals surface area contributed by atoms with Gasteiger partial charge < -0.3 is 14.7 Å². The van der Waals surface area contributed by atoms with Crippen molar-refractivity contribution in [1.82, 2.24) is 9.97 Å². The molecule has 2 aromatic rings. The third-order valence-electron chi connectivity index (χ3n) is 3.61. The van der Waals surface area contributed by atoms with Crippen molar-refractivity contribution in [2.45, 2.75) is 13.0 Å². The SMILES string of the molecule is COc1ccc2c(c1)CN(c1cnc(C(=O)O)cn1)CC2. The molecule has 1 N–H and O–H groups in total. The fraction of sp³-hybridized carbons (Fsp3) is 0.267. The van der Waals surface area contributed by atoms with Crippen LogP contribution in [-0.4, -0.2) is 34.7 Å². The second-order valence-corrected chi connectivity index (χ2v) is 4.87. The first-order valence-electron chi connectivity index (χ1n) is 6.63. The van der Waals surface area contributed by atoms with Crippen LogP contribution >= 0.6 is 0 Å². The molecule has 6 nitrogen and oxygen atoms in total. The maximum atomic E-state index is 10.8. The van der Waals surface area contributed by atoms with E-state index in [1.54, 1.807) is 7.11 Å². The van der Waals surface area contributed by atoms with Gasteiger partial charge in [0.15, 0.2) is 5.69 Å². The molecule has 0 bridgehead atoms. The second kappa shape index (κ2) is 5.40. The van der Waals surface area contributed by atoms with Crippen LogP contribution in [0.2, 0.25) is 0 Å². The number of hydrogen-bond donors (Lipinski definition) is 1. The summed E-state index contributed by atoms with van der Waals surface area (Å²) in [7, 11) is 1.65. The van der Waals surface area contributed by atoms with Gasteiger partial charge in [-0.15, -0.1) is 0 Å². The number of anilines is 1. The van der Waals surface area contributed by atoms with E-state index in [2.05, 4.69) is 20.9 Å². The highest BCUT2D eigenvalue weighted by molar-refractivity contribution is 5.84. The van der Waals surface area contributed by atoms with Gasteiger partial charge in [0, 0.05) is 13.1 Å². The highest BCUT2D eigenvalue weighted by Crippen LogP contribution is 2.26. The lowest BCUT2D eigenvalue weighted by Gasteiger charge is -2.29. The first-order chi connectivity index (χ1) is 10.2. The number of aromatic carboxylic acids is 1. The van der Waals surface area contributed by atoms with Crippen molar-refractivity contribution in [1.29, 1.82) is 0 Å². The molecule has 0 unspecified atom stereocenters. The number of rotatable bonds is 3. The van der Waals surface area contributed by atoms with E-state index in [0.29, 0.717) is 12.4 Å². The molecule has 1 aromatic heterocycles. The first kappa shape index (κ1) is 13.4. The van der Waals surface area contributed by atoms with E-state index in [1.807, 2.05) is 12.1 Å². The van der Waals surface area contributed by atoms with Crippen LogP contribution in [0.4, 0.5) is 5.82 Å². The van der Waals surface area contributed by atoms with Gasteiger partial charge in [0.25, 0.3) is 0 Å². The molecule has 1 aliphatic rings. The van der Waals surface area contributed by atoms with Gasteiger partial charge in [0.05, 0.1) is 19.5 Å². The van der Waals surface area contributed by atoms with E-state index in [1.165, 1.54) is 23.5 Å². The van der Waals surface area contributed by atoms with E-state index in [0.717, 1.165) is 18.7 Å². The zero-order valence-corrected chi connectivity index (χ0v) is 11.6. The predicted molar refractivity (Wildman–Crippen MR) is 76.7 cm³/mol. The monoisotopic (exact) mass is 285 g/mol. The van der Waals surface area contributed by atoms with Gasteiger partial charge in [-0.2, -0.15) is 0 Å². The maximum Gasteiger partial charge on any atom is 0.356 e. The van der Waals surface area contributed by atoms with Crippen LogP contribution in [0.3, 0.4) is 0 Å². The van der Waals surface area contributed by atoms with Crippen LogP contribution in [0.25, 0.3) is 0 Å². The number of fused-ring (bicyclic) bond motifs is 1. The van der Waals surface area contributed by atoms with E-state index in [-0.39, 0.29) is 5.69 Å². The Bertz CT molecular complexity index is 670. The average molecular weight is 285 g/mol. The van der Waals surface area contributed by atoms with Gasteiger partial charge in [-0.05, 0) is 29.7 Å². The van der Waals surface area contributed by atoms with Gasteiger partial charge in [0.1, 0.15) is 11.6 Å². The molecule has 21 heavy (non-hydrogen) atoms. The van der Waals surface area contributed by atoms with Crippen molar-refractivity contribution < 1.29 is 14.6 Å². The molecule has 0 atom stereocenters. The summed E-state index contributed by atoms with van der Waals surface area (Å²) in [6, 6.07) is 6.08. The molecule has 0 amide bonds. The van der Waals surface area contributed by atoms with Gasteiger partial charge in [0.2, 0.25) is 0 Å². The number of carbonyl (C=O) groups is 1. The van der Waals surface area contributed by atoms with Gasteiger partial charge in [-0.1, -0.05) is 6.07 Å². The molecule has 1 aromatic carbocycles. The number of carboxylic acids is 1. The Labute approximate surface area is 122 Å². The summed E-state index contributed by atoms with van der Waals surface area (Å²) < 4.78 is 5.25. The van der Waals surface area contributed by atoms with Crippen molar-refractivity contribution in [3.05, 3.63) is 47.4 Å². The van der Waals surface area contributed by atoms with Gasteiger partial charge in [-0.3, -0.25) is 0 Å². The van der Waals surface area contributed by atoms with Crippen molar-refractivity contribution in [2.75, 3.05) is 18.6 Å². The third kappa shape index (κ3) is 2.65. The van der Waals surface area contributed by atoms with E-state index >= 15 is 0 Å². The minimum absolute atomic E-state index is 0.0437. The molecule has 0 spiro atoms. The quantitative estimate of drug-likeness (QED) is 0.926. The lowest BCUT2D eigenvalue weighted by Crippen LogP contribution is -2.31. The van der Waals surface area contributed by atoms with Crippen LogP contribution in [0.5, 0.6) is 5.75 Å². The summed E-state index contributed by atoms with van der Waals surface area (Å²) in [6.07, 6.45) is 3.72. The first-order valence-corrected chi connectivity index (χ1v) is 6.63. The number of ether oxygens (including phenoxy) is 1. The van der Waals surface area contributed by atoms with Crippen LogP contribution < -0.4 is 9.64 Å². The van der Waals surface area contributed by atoms with Crippen molar-refractivity contribution in [3.8, 4) is 5.75 Å². The van der Waals surface area contributed by atoms with Gasteiger partial charge >= 0.3 is 5.97 Å². The lowest BCUT2D eigenvalue weighted by molar-refractivity contribution is 0.0690. The standard InChI is InChI=1S/C15H15N3O3/c1-21-12-3-2-10-4-5-18(9-11(10)6-12)14-8-16-13(7-17-14)15(19)20/h2-3,6-8H,4-5,9H2,1H3,(H,19,20).